The minimum absolute atomic E-state index is 0.0620. The molecule has 6 nitrogen and oxygen atoms in total. The zero-order valence-corrected chi connectivity index (χ0v) is 25.3. The zero-order valence-electron chi connectivity index (χ0n) is 20.0. The molecule has 0 saturated heterocycles. The van der Waals surface area contributed by atoms with Crippen molar-refractivity contribution in [3.8, 4) is 11.5 Å². The summed E-state index contributed by atoms with van der Waals surface area (Å²) in [6.45, 7) is 4.53. The third-order valence-corrected chi connectivity index (χ3v) is 7.58. The van der Waals surface area contributed by atoms with Gasteiger partial charge in [-0.15, -0.1) is 0 Å². The summed E-state index contributed by atoms with van der Waals surface area (Å²) >= 11 is 9.12. The Kier molecular flexibility index (Phi) is 8.84. The zero-order chi connectivity index (χ0) is 25.8. The molecule has 0 saturated carbocycles. The van der Waals surface area contributed by atoms with Gasteiger partial charge in [-0.2, -0.15) is 9.78 Å². The van der Waals surface area contributed by atoms with Crippen LogP contribution >= 0.6 is 54.5 Å². The molecule has 0 fully saturated rings. The molecule has 0 radical (unpaired) electrons. The molecule has 0 unspecified atom stereocenters. The number of methoxy groups -OCH3 is 1. The lowest BCUT2D eigenvalue weighted by atomic mass is 10.1. The molecule has 4 rings (SSSR count). The van der Waals surface area contributed by atoms with Gasteiger partial charge in [0, 0.05) is 14.9 Å². The first-order chi connectivity index (χ1) is 17.3. The molecule has 186 valence electrons. The van der Waals surface area contributed by atoms with Gasteiger partial charge in [0.1, 0.15) is 12.4 Å². The Morgan fingerprint density at radius 3 is 2.53 bits per heavy atom. The quantitative estimate of drug-likeness (QED) is 0.140. The molecule has 0 bridgehead atoms. The van der Waals surface area contributed by atoms with Crippen LogP contribution in [0.3, 0.4) is 0 Å². The third kappa shape index (κ3) is 6.00. The van der Waals surface area contributed by atoms with E-state index in [1.807, 2.05) is 55.5 Å². The molecule has 4 aromatic rings. The Hall–Kier alpha value is -2.24. The first-order valence-electron chi connectivity index (χ1n) is 11.3. The van der Waals surface area contributed by atoms with Crippen LogP contribution in [-0.2, 0) is 6.61 Å². The van der Waals surface area contributed by atoms with Gasteiger partial charge in [-0.05, 0) is 82.6 Å². The maximum absolute atomic E-state index is 13.4. The Bertz CT molecular complexity index is 1490. The van der Waals surface area contributed by atoms with Crippen molar-refractivity contribution < 1.29 is 9.47 Å². The van der Waals surface area contributed by atoms with Crippen molar-refractivity contribution in [2.45, 2.75) is 32.8 Å². The van der Waals surface area contributed by atoms with Gasteiger partial charge in [0.15, 0.2) is 11.5 Å². The molecule has 36 heavy (non-hydrogen) atoms. The minimum atomic E-state index is -0.205. The lowest BCUT2D eigenvalue weighted by molar-refractivity contribution is 0.282. The number of halogens is 3. The second-order valence-corrected chi connectivity index (χ2v) is 11.2. The lowest BCUT2D eigenvalue weighted by Gasteiger charge is -2.15. The molecule has 0 spiro atoms. The fourth-order valence-corrected chi connectivity index (χ4v) is 5.00. The van der Waals surface area contributed by atoms with Gasteiger partial charge in [-0.1, -0.05) is 57.8 Å². The highest BCUT2D eigenvalue weighted by Crippen LogP contribution is 2.34. The highest BCUT2D eigenvalue weighted by Gasteiger charge is 2.16. The van der Waals surface area contributed by atoms with E-state index in [2.05, 4.69) is 66.5 Å². The minimum Gasteiger partial charge on any atom is -0.493 e. The predicted octanol–water partition coefficient (Wildman–Crippen LogP) is 7.51. The van der Waals surface area contributed by atoms with Crippen LogP contribution < -0.4 is 15.0 Å². The molecular weight excluding hydrogens is 701 g/mol. The number of fused-ring (bicyclic) bond motifs is 1. The van der Waals surface area contributed by atoms with Crippen LogP contribution in [0.2, 0.25) is 0 Å². The van der Waals surface area contributed by atoms with Crippen molar-refractivity contribution >= 4 is 71.6 Å². The SMILES string of the molecule is CC[C@@H](C)c1nc2ccc(Br)cc2c(=O)n1N=Cc1cc(I)c(OCc2ccc(Br)cc2)c(OC)c1. The Morgan fingerprint density at radius 1 is 1.11 bits per heavy atom. The largest absolute Gasteiger partial charge is 0.493 e. The number of rotatable bonds is 8. The van der Waals surface area contributed by atoms with Crippen molar-refractivity contribution in [1.82, 2.24) is 9.66 Å². The van der Waals surface area contributed by atoms with Crippen molar-refractivity contribution in [3.63, 3.8) is 0 Å². The number of ether oxygens (including phenoxy) is 2. The molecule has 1 heterocycles. The fourth-order valence-electron chi connectivity index (χ4n) is 3.59. The lowest BCUT2D eigenvalue weighted by Crippen LogP contribution is -2.23. The van der Waals surface area contributed by atoms with E-state index in [1.54, 1.807) is 19.4 Å². The molecule has 9 heteroatoms. The number of hydrogen-bond acceptors (Lipinski definition) is 5. The second-order valence-electron chi connectivity index (χ2n) is 8.25. The normalized spacial score (nSPS) is 12.3. The van der Waals surface area contributed by atoms with Crippen molar-refractivity contribution in [2.24, 2.45) is 5.10 Å². The van der Waals surface area contributed by atoms with Crippen LogP contribution in [-0.4, -0.2) is 23.0 Å². The van der Waals surface area contributed by atoms with E-state index < -0.39 is 0 Å². The number of aromatic nitrogens is 2. The van der Waals surface area contributed by atoms with Gasteiger partial charge in [0.25, 0.3) is 5.56 Å². The summed E-state index contributed by atoms with van der Waals surface area (Å²) in [5, 5.41) is 5.08. The topological polar surface area (TPSA) is 65.7 Å². The van der Waals surface area contributed by atoms with E-state index in [0.717, 1.165) is 30.1 Å². The van der Waals surface area contributed by atoms with Crippen molar-refractivity contribution in [3.05, 3.63) is 94.4 Å². The monoisotopic (exact) mass is 723 g/mol. The smallest absolute Gasteiger partial charge is 0.282 e. The summed E-state index contributed by atoms with van der Waals surface area (Å²) < 4.78 is 15.8. The summed E-state index contributed by atoms with van der Waals surface area (Å²) in [5.74, 6) is 1.94. The van der Waals surface area contributed by atoms with Gasteiger partial charge in [-0.25, -0.2) is 4.98 Å². The highest BCUT2D eigenvalue weighted by molar-refractivity contribution is 14.1. The summed E-state index contributed by atoms with van der Waals surface area (Å²) in [6, 6.07) is 17.3. The van der Waals surface area contributed by atoms with Crippen LogP contribution in [0.15, 0.2) is 73.4 Å². The highest BCUT2D eigenvalue weighted by atomic mass is 127. The first kappa shape index (κ1) is 26.8. The van der Waals surface area contributed by atoms with Gasteiger partial charge < -0.3 is 9.47 Å². The summed E-state index contributed by atoms with van der Waals surface area (Å²) in [6.07, 6.45) is 2.49. The number of nitrogens with zero attached hydrogens (tertiary/aromatic N) is 3. The molecule has 1 aromatic heterocycles. The maximum atomic E-state index is 13.4. The molecule has 0 N–H and O–H groups in total. The van der Waals surface area contributed by atoms with Gasteiger partial charge in [0.2, 0.25) is 0 Å². The standard InChI is InChI=1S/C27H24Br2IN3O3/c1-4-16(2)26-32-23-10-9-20(29)13-21(23)27(34)33(26)31-14-18-11-22(30)25(24(12-18)35-3)36-15-17-5-7-19(28)8-6-17/h5-14,16H,4,15H2,1-3H3/t16-/m1/s1. The van der Waals surface area contributed by atoms with E-state index in [-0.39, 0.29) is 11.5 Å². The second kappa shape index (κ2) is 11.9. The average Bonchev–Trinajstić information content (AvgIpc) is 2.87. The molecule has 1 atom stereocenters. The van der Waals surface area contributed by atoms with Crippen LogP contribution in [0.25, 0.3) is 10.9 Å². The molecule has 0 aliphatic carbocycles. The van der Waals surface area contributed by atoms with Crippen LogP contribution in [0.5, 0.6) is 11.5 Å². The summed E-state index contributed by atoms with van der Waals surface area (Å²) in [5.41, 5.74) is 2.29. The van der Waals surface area contributed by atoms with Crippen LogP contribution in [0.4, 0.5) is 0 Å². The average molecular weight is 725 g/mol. The van der Waals surface area contributed by atoms with Crippen molar-refractivity contribution in [2.75, 3.05) is 7.11 Å². The summed E-state index contributed by atoms with van der Waals surface area (Å²) in [7, 11) is 1.61. The molecule has 0 aliphatic rings. The molecule has 0 aliphatic heterocycles. The van der Waals surface area contributed by atoms with Crippen LogP contribution in [0.1, 0.15) is 43.1 Å². The Balaban J connectivity index is 1.69. The number of benzene rings is 3. The maximum Gasteiger partial charge on any atom is 0.282 e. The number of hydrogen-bond donors (Lipinski definition) is 0. The Morgan fingerprint density at radius 2 is 1.83 bits per heavy atom. The van der Waals surface area contributed by atoms with E-state index in [4.69, 9.17) is 14.5 Å². The summed E-state index contributed by atoms with van der Waals surface area (Å²) in [4.78, 5) is 18.1. The molecule has 0 amide bonds. The van der Waals surface area contributed by atoms with Crippen LogP contribution in [0, 0.1) is 3.57 Å². The third-order valence-electron chi connectivity index (χ3n) is 5.76. The van der Waals surface area contributed by atoms with Gasteiger partial charge in [-0.3, -0.25) is 4.79 Å². The first-order valence-corrected chi connectivity index (χ1v) is 14.0. The Labute approximate surface area is 240 Å². The fraction of sp³-hybridized carbons (Fsp3) is 0.222. The van der Waals surface area contributed by atoms with E-state index in [1.165, 1.54) is 4.68 Å². The molecule has 3 aromatic carbocycles. The van der Waals surface area contributed by atoms with Crippen molar-refractivity contribution in [1.29, 1.82) is 0 Å². The molecular formula is C27H24Br2IN3O3. The van der Waals surface area contributed by atoms with Gasteiger partial charge >= 0.3 is 0 Å². The van der Waals surface area contributed by atoms with E-state index >= 15 is 0 Å². The van der Waals surface area contributed by atoms with Gasteiger partial charge in [0.05, 0.1) is 27.8 Å². The predicted molar refractivity (Wildman–Crippen MR) is 160 cm³/mol. The van der Waals surface area contributed by atoms with E-state index in [0.29, 0.717) is 34.8 Å². The van der Waals surface area contributed by atoms with E-state index in [9.17, 15) is 4.79 Å².